The number of anilines is 1. The molecule has 0 radical (unpaired) electrons. The van der Waals surface area contributed by atoms with E-state index in [1.54, 1.807) is 0 Å². The van der Waals surface area contributed by atoms with Gasteiger partial charge in [0.25, 0.3) is 0 Å². The van der Waals surface area contributed by atoms with Crippen molar-refractivity contribution in [3.8, 4) is 0 Å². The fourth-order valence-corrected chi connectivity index (χ4v) is 3.39. The molecule has 0 bridgehead atoms. The van der Waals surface area contributed by atoms with Crippen molar-refractivity contribution in [3.63, 3.8) is 0 Å². The second kappa shape index (κ2) is 4.32. The van der Waals surface area contributed by atoms with Crippen molar-refractivity contribution in [1.82, 2.24) is 9.55 Å². The van der Waals surface area contributed by atoms with Gasteiger partial charge in [-0.2, -0.15) is 11.8 Å². The number of nitrogens with zero attached hydrogens (tertiary/aromatic N) is 2. The second-order valence-electron chi connectivity index (χ2n) is 4.90. The zero-order valence-electron chi connectivity index (χ0n) is 9.78. The molecule has 2 aliphatic rings. The maximum Gasteiger partial charge on any atom is 0.203 e. The number of hydrogen-bond donors (Lipinski definition) is 1. The van der Waals surface area contributed by atoms with Gasteiger partial charge >= 0.3 is 0 Å². The fourth-order valence-electron chi connectivity index (χ4n) is 2.25. The molecule has 3 rings (SSSR count). The van der Waals surface area contributed by atoms with E-state index in [0.717, 1.165) is 11.6 Å². The average Bonchev–Trinajstić information content (AvgIpc) is 3.03. The molecule has 0 aromatic carbocycles. The standard InChI is InChI=1S/C12H19N3S/c1-9-7-15(11-3-2-6-16-8-11)12(13-9)14-10-4-5-10/h7,10-11H,2-6,8H2,1H3,(H,13,14). The molecular formula is C12H19N3S. The number of aryl methyl sites for hydroxylation is 1. The Balaban J connectivity index is 1.79. The third-order valence-corrected chi connectivity index (χ3v) is 4.49. The maximum absolute atomic E-state index is 4.61. The van der Waals surface area contributed by atoms with E-state index >= 15 is 0 Å². The molecule has 16 heavy (non-hydrogen) atoms. The van der Waals surface area contributed by atoms with Gasteiger partial charge in [0, 0.05) is 24.0 Å². The summed E-state index contributed by atoms with van der Waals surface area (Å²) < 4.78 is 2.37. The van der Waals surface area contributed by atoms with Gasteiger partial charge in [-0.1, -0.05) is 0 Å². The van der Waals surface area contributed by atoms with Crippen LogP contribution in [0, 0.1) is 6.92 Å². The van der Waals surface area contributed by atoms with Crippen LogP contribution in [0.4, 0.5) is 5.95 Å². The minimum atomic E-state index is 0.654. The van der Waals surface area contributed by atoms with E-state index in [-0.39, 0.29) is 0 Å². The monoisotopic (exact) mass is 237 g/mol. The quantitative estimate of drug-likeness (QED) is 0.876. The number of hydrogen-bond acceptors (Lipinski definition) is 3. The third kappa shape index (κ3) is 2.21. The van der Waals surface area contributed by atoms with Crippen molar-refractivity contribution in [3.05, 3.63) is 11.9 Å². The number of rotatable bonds is 3. The molecule has 1 unspecified atom stereocenters. The van der Waals surface area contributed by atoms with E-state index < -0.39 is 0 Å². The molecule has 0 spiro atoms. The zero-order valence-corrected chi connectivity index (χ0v) is 10.6. The lowest BCUT2D eigenvalue weighted by molar-refractivity contribution is 0.503. The van der Waals surface area contributed by atoms with E-state index in [1.807, 2.05) is 0 Å². The molecule has 0 amide bonds. The number of imidazole rings is 1. The minimum absolute atomic E-state index is 0.654. The van der Waals surface area contributed by atoms with Crippen molar-refractivity contribution >= 4 is 17.7 Å². The Labute approximate surface area is 101 Å². The highest BCUT2D eigenvalue weighted by atomic mass is 32.2. The van der Waals surface area contributed by atoms with Crippen LogP contribution in [0.5, 0.6) is 0 Å². The van der Waals surface area contributed by atoms with Crippen molar-refractivity contribution in [2.75, 3.05) is 16.8 Å². The topological polar surface area (TPSA) is 29.9 Å². The molecule has 3 nitrogen and oxygen atoms in total. The van der Waals surface area contributed by atoms with Crippen LogP contribution in [0.2, 0.25) is 0 Å². The van der Waals surface area contributed by atoms with Crippen LogP contribution >= 0.6 is 11.8 Å². The van der Waals surface area contributed by atoms with Gasteiger partial charge in [-0.25, -0.2) is 4.98 Å². The molecule has 2 heterocycles. The van der Waals surface area contributed by atoms with Crippen LogP contribution < -0.4 is 5.32 Å². The first kappa shape index (κ1) is 10.5. The lowest BCUT2D eigenvalue weighted by Crippen LogP contribution is -2.18. The zero-order chi connectivity index (χ0) is 11.0. The predicted octanol–water partition coefficient (Wildman–Crippen LogP) is 2.83. The van der Waals surface area contributed by atoms with Gasteiger partial charge in [0.1, 0.15) is 0 Å². The van der Waals surface area contributed by atoms with Gasteiger partial charge in [-0.05, 0) is 38.4 Å². The van der Waals surface area contributed by atoms with E-state index in [2.05, 4.69) is 39.8 Å². The van der Waals surface area contributed by atoms with Crippen molar-refractivity contribution in [2.45, 2.75) is 44.7 Å². The summed E-state index contributed by atoms with van der Waals surface area (Å²) in [5.41, 5.74) is 1.14. The SMILES string of the molecule is Cc1cn(C2CCCSC2)c(NC2CC2)n1. The summed E-state index contributed by atoms with van der Waals surface area (Å²) in [6, 6.07) is 1.35. The van der Waals surface area contributed by atoms with Crippen LogP contribution in [0.1, 0.15) is 37.4 Å². The molecule has 4 heteroatoms. The molecule has 1 saturated carbocycles. The summed E-state index contributed by atoms with van der Waals surface area (Å²) in [7, 11) is 0. The molecule has 2 fully saturated rings. The summed E-state index contributed by atoms with van der Waals surface area (Å²) in [4.78, 5) is 4.61. The summed E-state index contributed by atoms with van der Waals surface area (Å²) in [6.45, 7) is 2.09. The molecule has 1 saturated heterocycles. The third-order valence-electron chi connectivity index (χ3n) is 3.29. The number of thioether (sulfide) groups is 1. The van der Waals surface area contributed by atoms with E-state index in [1.165, 1.54) is 37.2 Å². The molecule has 1 aliphatic carbocycles. The molecule has 1 aromatic heterocycles. The Morgan fingerprint density at radius 1 is 1.44 bits per heavy atom. The molecule has 1 aromatic rings. The largest absolute Gasteiger partial charge is 0.353 e. The summed E-state index contributed by atoms with van der Waals surface area (Å²) in [5.74, 6) is 3.68. The summed E-state index contributed by atoms with van der Waals surface area (Å²) >= 11 is 2.07. The van der Waals surface area contributed by atoms with E-state index in [9.17, 15) is 0 Å². The first-order valence-corrected chi connectivity index (χ1v) is 7.38. The number of aromatic nitrogens is 2. The molecule has 1 N–H and O–H groups in total. The fraction of sp³-hybridized carbons (Fsp3) is 0.750. The molecular weight excluding hydrogens is 218 g/mol. The highest BCUT2D eigenvalue weighted by Crippen LogP contribution is 2.31. The van der Waals surface area contributed by atoms with Crippen LogP contribution in [0.25, 0.3) is 0 Å². The van der Waals surface area contributed by atoms with Gasteiger partial charge in [-0.3, -0.25) is 0 Å². The normalized spacial score (nSPS) is 25.7. The van der Waals surface area contributed by atoms with Gasteiger partial charge in [0.2, 0.25) is 5.95 Å². The van der Waals surface area contributed by atoms with Gasteiger partial charge in [0.05, 0.1) is 5.69 Å². The Bertz CT molecular complexity index is 364. The first-order valence-electron chi connectivity index (χ1n) is 6.22. The van der Waals surface area contributed by atoms with E-state index in [4.69, 9.17) is 0 Å². The maximum atomic E-state index is 4.61. The average molecular weight is 237 g/mol. The van der Waals surface area contributed by atoms with Gasteiger partial charge < -0.3 is 9.88 Å². The molecule has 88 valence electrons. The van der Waals surface area contributed by atoms with Crippen LogP contribution in [0.15, 0.2) is 6.20 Å². The first-order chi connectivity index (χ1) is 7.83. The predicted molar refractivity (Wildman–Crippen MR) is 69.2 cm³/mol. The van der Waals surface area contributed by atoms with Gasteiger partial charge in [0.15, 0.2) is 0 Å². The van der Waals surface area contributed by atoms with Crippen LogP contribution in [-0.2, 0) is 0 Å². The second-order valence-corrected chi connectivity index (χ2v) is 6.05. The Kier molecular flexibility index (Phi) is 2.84. The van der Waals surface area contributed by atoms with Crippen molar-refractivity contribution in [2.24, 2.45) is 0 Å². The van der Waals surface area contributed by atoms with Crippen LogP contribution in [0.3, 0.4) is 0 Å². The minimum Gasteiger partial charge on any atom is -0.353 e. The van der Waals surface area contributed by atoms with Crippen LogP contribution in [-0.4, -0.2) is 27.1 Å². The molecule has 1 aliphatic heterocycles. The van der Waals surface area contributed by atoms with Gasteiger partial charge in [-0.15, -0.1) is 0 Å². The lowest BCUT2D eigenvalue weighted by Gasteiger charge is -2.24. The van der Waals surface area contributed by atoms with Crippen molar-refractivity contribution in [1.29, 1.82) is 0 Å². The van der Waals surface area contributed by atoms with Crippen molar-refractivity contribution < 1.29 is 0 Å². The summed E-state index contributed by atoms with van der Waals surface area (Å²) in [6.07, 6.45) is 7.48. The Hall–Kier alpha value is -0.640. The lowest BCUT2D eigenvalue weighted by atomic mass is 10.2. The number of nitrogens with one attached hydrogen (secondary N) is 1. The highest BCUT2D eigenvalue weighted by molar-refractivity contribution is 7.99. The summed E-state index contributed by atoms with van der Waals surface area (Å²) in [5, 5.41) is 3.55. The Morgan fingerprint density at radius 3 is 3.00 bits per heavy atom. The highest BCUT2D eigenvalue weighted by Gasteiger charge is 2.25. The molecule has 1 atom stereocenters. The van der Waals surface area contributed by atoms with E-state index in [0.29, 0.717) is 12.1 Å². The smallest absolute Gasteiger partial charge is 0.203 e. The Morgan fingerprint density at radius 2 is 2.31 bits per heavy atom.